The molecule has 25 heavy (non-hydrogen) atoms. The summed E-state index contributed by atoms with van der Waals surface area (Å²) >= 11 is 0. The van der Waals surface area contributed by atoms with Crippen molar-refractivity contribution in [2.45, 2.75) is 44.6 Å². The van der Waals surface area contributed by atoms with Gasteiger partial charge in [0.15, 0.2) is 0 Å². The molecule has 2 aliphatic rings. The highest BCUT2D eigenvalue weighted by molar-refractivity contribution is 6.21. The normalized spacial score (nSPS) is 22.6. The second kappa shape index (κ2) is 6.96. The lowest BCUT2D eigenvalue weighted by molar-refractivity contribution is -0.137. The monoisotopic (exact) mass is 344 g/mol. The molecular formula is C19H24N2O4. The number of hydrogen-bond donors (Lipinski definition) is 1. The molecule has 2 aliphatic heterocycles. The first-order chi connectivity index (χ1) is 12.0. The molecule has 0 bridgehead atoms. The highest BCUT2D eigenvalue weighted by Gasteiger charge is 2.42. The fourth-order valence-corrected chi connectivity index (χ4v) is 4.08. The van der Waals surface area contributed by atoms with Crippen molar-refractivity contribution < 1.29 is 19.5 Å². The third-order valence-electron chi connectivity index (χ3n) is 5.33. The molecule has 1 fully saturated rings. The van der Waals surface area contributed by atoms with Crippen molar-refractivity contribution in [1.82, 2.24) is 9.80 Å². The summed E-state index contributed by atoms with van der Waals surface area (Å²) in [4.78, 5) is 40.3. The predicted molar refractivity (Wildman–Crippen MR) is 92.1 cm³/mol. The zero-order valence-corrected chi connectivity index (χ0v) is 14.5. The predicted octanol–water partition coefficient (Wildman–Crippen LogP) is 1.83. The van der Waals surface area contributed by atoms with Crippen LogP contribution in [0.1, 0.15) is 59.7 Å². The third kappa shape index (κ3) is 2.95. The summed E-state index contributed by atoms with van der Waals surface area (Å²) in [5.74, 6) is -0.773. The van der Waals surface area contributed by atoms with Gasteiger partial charge < -0.3 is 10.0 Å². The van der Waals surface area contributed by atoms with Crippen LogP contribution in [0.25, 0.3) is 0 Å². The van der Waals surface area contributed by atoms with E-state index in [1.807, 2.05) is 6.92 Å². The first-order valence-corrected chi connectivity index (χ1v) is 8.90. The van der Waals surface area contributed by atoms with Crippen molar-refractivity contribution in [2.24, 2.45) is 0 Å². The van der Waals surface area contributed by atoms with Gasteiger partial charge in [0.05, 0.1) is 23.3 Å². The standard InChI is InChI=1S/C19H24N2O4/c1-2-9-19(13-22)10-5-11-21(19)16(23)8-12-20-17(24)14-6-3-4-7-15(14)18(20)25/h3-4,6-7,22H,2,5,8-13H2,1H3. The molecule has 1 aromatic rings. The van der Waals surface area contributed by atoms with Gasteiger partial charge in [0.2, 0.25) is 5.91 Å². The minimum atomic E-state index is -0.478. The van der Waals surface area contributed by atoms with Gasteiger partial charge in [0.25, 0.3) is 11.8 Å². The Balaban J connectivity index is 1.67. The Kier molecular flexibility index (Phi) is 4.90. The van der Waals surface area contributed by atoms with E-state index >= 15 is 0 Å². The Bertz CT molecular complexity index is 667. The fourth-order valence-electron chi connectivity index (χ4n) is 4.08. The highest BCUT2D eigenvalue weighted by atomic mass is 16.3. The Morgan fingerprint density at radius 2 is 1.84 bits per heavy atom. The number of fused-ring (bicyclic) bond motifs is 1. The summed E-state index contributed by atoms with van der Waals surface area (Å²) in [7, 11) is 0. The van der Waals surface area contributed by atoms with E-state index in [1.165, 1.54) is 0 Å². The lowest BCUT2D eigenvalue weighted by Crippen LogP contribution is -2.50. The number of carbonyl (C=O) groups is 3. The Hall–Kier alpha value is -2.21. The van der Waals surface area contributed by atoms with Crippen molar-refractivity contribution in [1.29, 1.82) is 0 Å². The van der Waals surface area contributed by atoms with Crippen LogP contribution in [0, 0.1) is 0 Å². The van der Waals surface area contributed by atoms with Gasteiger partial charge in [-0.1, -0.05) is 25.5 Å². The molecule has 1 unspecified atom stereocenters. The number of nitrogens with zero attached hydrogens (tertiary/aromatic N) is 2. The number of benzene rings is 1. The number of amides is 3. The van der Waals surface area contributed by atoms with E-state index in [-0.39, 0.29) is 37.3 Å². The van der Waals surface area contributed by atoms with Crippen LogP contribution in [-0.2, 0) is 4.79 Å². The first-order valence-electron chi connectivity index (χ1n) is 8.90. The van der Waals surface area contributed by atoms with Crippen LogP contribution in [-0.4, -0.2) is 57.9 Å². The summed E-state index contributed by atoms with van der Waals surface area (Å²) in [6.07, 6.45) is 3.43. The maximum atomic E-state index is 12.7. The number of hydrogen-bond acceptors (Lipinski definition) is 4. The smallest absolute Gasteiger partial charge is 0.261 e. The van der Waals surface area contributed by atoms with Crippen molar-refractivity contribution in [3.63, 3.8) is 0 Å². The number of aliphatic hydroxyl groups excluding tert-OH is 1. The van der Waals surface area contributed by atoms with Crippen molar-refractivity contribution in [3.05, 3.63) is 35.4 Å². The number of carbonyl (C=O) groups excluding carboxylic acids is 3. The molecule has 1 aromatic carbocycles. The van der Waals surface area contributed by atoms with Gasteiger partial charge in [0.1, 0.15) is 0 Å². The Morgan fingerprint density at radius 1 is 1.20 bits per heavy atom. The average molecular weight is 344 g/mol. The largest absolute Gasteiger partial charge is 0.394 e. The quantitative estimate of drug-likeness (QED) is 0.799. The molecule has 3 amide bonds. The lowest BCUT2D eigenvalue weighted by atomic mass is 9.91. The number of imide groups is 1. The van der Waals surface area contributed by atoms with Crippen LogP contribution < -0.4 is 0 Å². The van der Waals surface area contributed by atoms with Gasteiger partial charge in [0, 0.05) is 19.5 Å². The van der Waals surface area contributed by atoms with Crippen molar-refractivity contribution in [3.8, 4) is 0 Å². The molecule has 0 radical (unpaired) electrons. The van der Waals surface area contributed by atoms with Gasteiger partial charge in [-0.2, -0.15) is 0 Å². The summed E-state index contributed by atoms with van der Waals surface area (Å²) in [6.45, 7) is 2.70. The van der Waals surface area contributed by atoms with Crippen LogP contribution in [0.2, 0.25) is 0 Å². The van der Waals surface area contributed by atoms with E-state index in [2.05, 4.69) is 0 Å². The van der Waals surface area contributed by atoms with E-state index in [9.17, 15) is 19.5 Å². The Morgan fingerprint density at radius 3 is 2.40 bits per heavy atom. The maximum absolute atomic E-state index is 12.7. The summed E-state index contributed by atoms with van der Waals surface area (Å²) in [5.41, 5.74) is 0.321. The minimum absolute atomic E-state index is 0.0421. The summed E-state index contributed by atoms with van der Waals surface area (Å²) in [6, 6.07) is 6.72. The SMILES string of the molecule is CCCC1(CO)CCCN1C(=O)CCN1C(=O)c2ccccc2C1=O. The minimum Gasteiger partial charge on any atom is -0.394 e. The molecule has 0 aromatic heterocycles. The van der Waals surface area contributed by atoms with Crippen LogP contribution in [0.4, 0.5) is 0 Å². The highest BCUT2D eigenvalue weighted by Crippen LogP contribution is 2.34. The molecule has 1 atom stereocenters. The van der Waals surface area contributed by atoms with E-state index in [4.69, 9.17) is 0 Å². The van der Waals surface area contributed by atoms with Crippen LogP contribution in [0.15, 0.2) is 24.3 Å². The number of likely N-dealkylation sites (tertiary alicyclic amines) is 1. The topological polar surface area (TPSA) is 77.9 Å². The zero-order chi connectivity index (χ0) is 18.0. The van der Waals surface area contributed by atoms with Gasteiger partial charge in [-0.15, -0.1) is 0 Å². The van der Waals surface area contributed by atoms with Crippen molar-refractivity contribution >= 4 is 17.7 Å². The first kappa shape index (κ1) is 17.6. The van der Waals surface area contributed by atoms with Gasteiger partial charge in [-0.05, 0) is 31.4 Å². The lowest BCUT2D eigenvalue weighted by Gasteiger charge is -2.37. The third-order valence-corrected chi connectivity index (χ3v) is 5.33. The van der Waals surface area contributed by atoms with E-state index < -0.39 is 5.54 Å². The van der Waals surface area contributed by atoms with E-state index in [0.29, 0.717) is 17.7 Å². The maximum Gasteiger partial charge on any atom is 0.261 e. The van der Waals surface area contributed by atoms with Gasteiger partial charge >= 0.3 is 0 Å². The molecule has 0 saturated carbocycles. The zero-order valence-electron chi connectivity index (χ0n) is 14.5. The molecule has 0 spiro atoms. The Labute approximate surface area is 147 Å². The van der Waals surface area contributed by atoms with Gasteiger partial charge in [-0.3, -0.25) is 19.3 Å². The molecule has 1 N–H and O–H groups in total. The van der Waals surface area contributed by atoms with Crippen LogP contribution >= 0.6 is 0 Å². The average Bonchev–Trinajstić information content (AvgIpc) is 3.15. The number of rotatable bonds is 6. The molecule has 3 rings (SSSR count). The fraction of sp³-hybridized carbons (Fsp3) is 0.526. The summed E-state index contributed by atoms with van der Waals surface area (Å²) < 4.78 is 0. The van der Waals surface area contributed by atoms with Crippen LogP contribution in [0.5, 0.6) is 0 Å². The molecular weight excluding hydrogens is 320 g/mol. The molecule has 6 nitrogen and oxygen atoms in total. The molecule has 0 aliphatic carbocycles. The summed E-state index contributed by atoms with van der Waals surface area (Å²) in [5, 5.41) is 9.84. The molecule has 1 saturated heterocycles. The second-order valence-electron chi connectivity index (χ2n) is 6.84. The van der Waals surface area contributed by atoms with Crippen LogP contribution in [0.3, 0.4) is 0 Å². The van der Waals surface area contributed by atoms with Crippen molar-refractivity contribution in [2.75, 3.05) is 19.7 Å². The number of aliphatic hydroxyl groups is 1. The van der Waals surface area contributed by atoms with E-state index in [0.717, 1.165) is 30.6 Å². The molecule has 6 heteroatoms. The molecule has 2 heterocycles. The van der Waals surface area contributed by atoms with E-state index in [1.54, 1.807) is 29.2 Å². The second-order valence-corrected chi connectivity index (χ2v) is 6.84. The molecule has 134 valence electrons. The van der Waals surface area contributed by atoms with Gasteiger partial charge in [-0.25, -0.2) is 0 Å².